The molecule has 1 aromatic carbocycles. The first-order chi connectivity index (χ1) is 8.12. The molecule has 5 heteroatoms. The molecule has 4 nitrogen and oxygen atoms in total. The number of hydrogen-bond acceptors (Lipinski definition) is 4. The highest BCUT2D eigenvalue weighted by molar-refractivity contribution is 6.32. The Morgan fingerprint density at radius 3 is 2.65 bits per heavy atom. The summed E-state index contributed by atoms with van der Waals surface area (Å²) in [6.45, 7) is 2.00. The van der Waals surface area contributed by atoms with Crippen LogP contribution in [0.4, 0.5) is 0 Å². The second kappa shape index (κ2) is 6.81. The summed E-state index contributed by atoms with van der Waals surface area (Å²) in [6.07, 6.45) is 0.898. The maximum absolute atomic E-state index is 5.98. The lowest BCUT2D eigenvalue weighted by atomic mass is 10.0. The van der Waals surface area contributed by atoms with Gasteiger partial charge in [0.25, 0.3) is 0 Å². The van der Waals surface area contributed by atoms with Crippen LogP contribution in [0.3, 0.4) is 0 Å². The summed E-state index contributed by atoms with van der Waals surface area (Å²) in [5.74, 6) is 6.21. The molecule has 2 atom stereocenters. The molecule has 0 amide bonds. The minimum Gasteiger partial charge on any atom is -0.495 e. The molecule has 0 aliphatic carbocycles. The second-order valence-corrected chi connectivity index (χ2v) is 4.30. The minimum absolute atomic E-state index is 0.0103. The molecular weight excluding hydrogens is 240 g/mol. The van der Waals surface area contributed by atoms with Gasteiger partial charge in [-0.1, -0.05) is 17.7 Å². The van der Waals surface area contributed by atoms with Gasteiger partial charge in [0.05, 0.1) is 18.2 Å². The predicted octanol–water partition coefficient (Wildman–Crippen LogP) is 2.28. The van der Waals surface area contributed by atoms with Gasteiger partial charge in [0.1, 0.15) is 5.75 Å². The Bertz CT molecular complexity index is 360. The number of nitrogens with one attached hydrogen (secondary N) is 1. The maximum atomic E-state index is 5.98. The number of benzene rings is 1. The van der Waals surface area contributed by atoms with Crippen molar-refractivity contribution in [2.45, 2.75) is 25.5 Å². The monoisotopic (exact) mass is 258 g/mol. The Hall–Kier alpha value is -0.810. The highest BCUT2D eigenvalue weighted by Gasteiger charge is 2.15. The van der Waals surface area contributed by atoms with Crippen LogP contribution in [0.25, 0.3) is 0 Å². The van der Waals surface area contributed by atoms with Gasteiger partial charge in [-0.2, -0.15) is 0 Å². The van der Waals surface area contributed by atoms with E-state index in [0.717, 1.165) is 12.0 Å². The lowest BCUT2D eigenvalue weighted by molar-refractivity contribution is 0.100. The van der Waals surface area contributed by atoms with Crippen LogP contribution >= 0.6 is 11.6 Å². The predicted molar refractivity (Wildman–Crippen MR) is 69.2 cm³/mol. The van der Waals surface area contributed by atoms with Gasteiger partial charge in [-0.25, -0.2) is 0 Å². The minimum atomic E-state index is 0.0103. The summed E-state index contributed by atoms with van der Waals surface area (Å²) in [7, 11) is 3.27. The molecule has 0 spiro atoms. The van der Waals surface area contributed by atoms with E-state index in [1.807, 2.05) is 19.1 Å². The van der Waals surface area contributed by atoms with Crippen molar-refractivity contribution in [2.75, 3.05) is 14.2 Å². The van der Waals surface area contributed by atoms with Crippen molar-refractivity contribution in [3.8, 4) is 5.75 Å². The molecule has 0 bridgehead atoms. The van der Waals surface area contributed by atoms with E-state index in [4.69, 9.17) is 26.9 Å². The molecule has 2 unspecified atom stereocenters. The third-order valence-electron chi connectivity index (χ3n) is 2.75. The van der Waals surface area contributed by atoms with E-state index in [9.17, 15) is 0 Å². The summed E-state index contributed by atoms with van der Waals surface area (Å²) < 4.78 is 10.4. The highest BCUT2D eigenvalue weighted by Crippen LogP contribution is 2.29. The molecule has 0 saturated carbocycles. The molecule has 0 aromatic heterocycles. The third kappa shape index (κ3) is 3.85. The molecule has 1 aromatic rings. The van der Waals surface area contributed by atoms with Crippen LogP contribution in [0.5, 0.6) is 5.75 Å². The zero-order valence-corrected chi connectivity index (χ0v) is 11.1. The topological polar surface area (TPSA) is 56.5 Å². The Morgan fingerprint density at radius 2 is 2.12 bits per heavy atom. The summed E-state index contributed by atoms with van der Waals surface area (Å²) in [5.41, 5.74) is 3.80. The zero-order valence-electron chi connectivity index (χ0n) is 10.4. The molecule has 0 heterocycles. The van der Waals surface area contributed by atoms with Crippen molar-refractivity contribution in [2.24, 2.45) is 5.84 Å². The van der Waals surface area contributed by atoms with Crippen LogP contribution < -0.4 is 16.0 Å². The van der Waals surface area contributed by atoms with E-state index in [2.05, 4.69) is 5.43 Å². The first kappa shape index (κ1) is 14.3. The number of hydrazine groups is 1. The standard InChI is InChI=1S/C12H19ClN2O2/c1-8(16-2)6-11(15-14)9-4-5-10(13)12(7-9)17-3/h4-5,7-8,11,15H,6,14H2,1-3H3. The van der Waals surface area contributed by atoms with Crippen molar-refractivity contribution in [1.29, 1.82) is 0 Å². The van der Waals surface area contributed by atoms with Gasteiger partial charge in [0, 0.05) is 13.2 Å². The van der Waals surface area contributed by atoms with Crippen LogP contribution in [0.1, 0.15) is 24.9 Å². The van der Waals surface area contributed by atoms with Crippen molar-refractivity contribution in [3.05, 3.63) is 28.8 Å². The number of halogens is 1. The van der Waals surface area contributed by atoms with Crippen LogP contribution in [-0.4, -0.2) is 20.3 Å². The molecule has 0 radical (unpaired) electrons. The first-order valence-electron chi connectivity index (χ1n) is 5.44. The van der Waals surface area contributed by atoms with Crippen molar-refractivity contribution >= 4 is 11.6 Å². The van der Waals surface area contributed by atoms with Gasteiger partial charge in [-0.15, -0.1) is 0 Å². The summed E-state index contributed by atoms with van der Waals surface area (Å²) in [5, 5.41) is 0.590. The van der Waals surface area contributed by atoms with Crippen LogP contribution in [0, 0.1) is 0 Å². The molecule has 96 valence electrons. The number of ether oxygens (including phenoxy) is 2. The van der Waals surface area contributed by atoms with Gasteiger partial charge in [0.15, 0.2) is 0 Å². The van der Waals surface area contributed by atoms with Gasteiger partial charge in [-0.05, 0) is 31.0 Å². The average molecular weight is 259 g/mol. The summed E-state index contributed by atoms with van der Waals surface area (Å²) in [6, 6.07) is 5.63. The van der Waals surface area contributed by atoms with Crippen LogP contribution in [0.15, 0.2) is 18.2 Å². The number of nitrogens with two attached hydrogens (primary N) is 1. The smallest absolute Gasteiger partial charge is 0.137 e. The largest absolute Gasteiger partial charge is 0.495 e. The van der Waals surface area contributed by atoms with Crippen LogP contribution in [-0.2, 0) is 4.74 Å². The second-order valence-electron chi connectivity index (χ2n) is 3.90. The molecular formula is C12H19ClN2O2. The Balaban J connectivity index is 2.88. The summed E-state index contributed by atoms with van der Waals surface area (Å²) in [4.78, 5) is 0. The Labute approximate surface area is 107 Å². The van der Waals surface area contributed by atoms with Crippen molar-refractivity contribution in [1.82, 2.24) is 5.43 Å². The first-order valence-corrected chi connectivity index (χ1v) is 5.82. The molecule has 17 heavy (non-hydrogen) atoms. The third-order valence-corrected chi connectivity index (χ3v) is 3.06. The lowest BCUT2D eigenvalue weighted by Crippen LogP contribution is -2.30. The van der Waals surface area contributed by atoms with E-state index in [1.54, 1.807) is 20.3 Å². The lowest BCUT2D eigenvalue weighted by Gasteiger charge is -2.20. The zero-order chi connectivity index (χ0) is 12.8. The number of methoxy groups -OCH3 is 2. The van der Waals surface area contributed by atoms with Crippen LogP contribution in [0.2, 0.25) is 5.02 Å². The molecule has 0 saturated heterocycles. The molecule has 1 rings (SSSR count). The van der Waals surface area contributed by atoms with Gasteiger partial charge in [-0.3, -0.25) is 11.3 Å². The fraction of sp³-hybridized carbons (Fsp3) is 0.500. The van der Waals surface area contributed by atoms with E-state index in [0.29, 0.717) is 10.8 Å². The number of rotatable bonds is 6. The van der Waals surface area contributed by atoms with E-state index >= 15 is 0 Å². The quantitative estimate of drug-likeness (QED) is 0.607. The average Bonchev–Trinajstić information content (AvgIpc) is 2.36. The summed E-state index contributed by atoms with van der Waals surface area (Å²) >= 11 is 5.98. The van der Waals surface area contributed by atoms with Gasteiger partial charge in [0.2, 0.25) is 0 Å². The van der Waals surface area contributed by atoms with Gasteiger partial charge >= 0.3 is 0 Å². The molecule has 3 N–H and O–H groups in total. The molecule has 0 fully saturated rings. The van der Waals surface area contributed by atoms with E-state index in [-0.39, 0.29) is 12.1 Å². The number of hydrogen-bond donors (Lipinski definition) is 2. The normalized spacial score (nSPS) is 14.4. The molecule has 0 aliphatic rings. The SMILES string of the molecule is COc1cc(C(CC(C)OC)NN)ccc1Cl. The Kier molecular flexibility index (Phi) is 5.71. The fourth-order valence-corrected chi connectivity index (χ4v) is 1.82. The highest BCUT2D eigenvalue weighted by atomic mass is 35.5. The fourth-order valence-electron chi connectivity index (χ4n) is 1.62. The van der Waals surface area contributed by atoms with Gasteiger partial charge < -0.3 is 9.47 Å². The van der Waals surface area contributed by atoms with E-state index in [1.165, 1.54) is 0 Å². The van der Waals surface area contributed by atoms with Crippen molar-refractivity contribution in [3.63, 3.8) is 0 Å². The Morgan fingerprint density at radius 1 is 1.41 bits per heavy atom. The molecule has 0 aliphatic heterocycles. The maximum Gasteiger partial charge on any atom is 0.137 e. The van der Waals surface area contributed by atoms with Crippen molar-refractivity contribution < 1.29 is 9.47 Å². The van der Waals surface area contributed by atoms with E-state index < -0.39 is 0 Å².